The van der Waals surface area contributed by atoms with Crippen LogP contribution in [0, 0.1) is 0 Å². The molecule has 37 heavy (non-hydrogen) atoms. The van der Waals surface area contributed by atoms with Crippen molar-refractivity contribution in [2.45, 2.75) is 17.3 Å². The van der Waals surface area contributed by atoms with Crippen LogP contribution in [-0.2, 0) is 0 Å². The third-order valence-electron chi connectivity index (χ3n) is 7.46. The Balaban J connectivity index is 1.36. The Labute approximate surface area is 214 Å². The first-order chi connectivity index (χ1) is 18.0. The number of nitrogens with zero attached hydrogens (tertiary/aromatic N) is 1. The molecule has 0 amide bonds. The number of hydrogen-bond acceptors (Lipinski definition) is 4. The van der Waals surface area contributed by atoms with Gasteiger partial charge in [-0.15, -0.1) is 0 Å². The Kier molecular flexibility index (Phi) is 4.14. The van der Waals surface area contributed by atoms with E-state index in [4.69, 9.17) is 18.2 Å². The number of fused-ring (bicyclic) bond motifs is 9. The molecule has 4 aromatic heterocycles. The van der Waals surface area contributed by atoms with Crippen LogP contribution in [0.3, 0.4) is 0 Å². The molecule has 178 valence electrons. The second-order valence-corrected chi connectivity index (χ2v) is 21.4. The quantitative estimate of drug-likeness (QED) is 0.205. The Bertz CT molecular complexity index is 2190. The van der Waals surface area contributed by atoms with E-state index >= 15 is 0 Å². The molecule has 0 aliphatic rings. The molecule has 4 nitrogen and oxygen atoms in total. The number of hydrogen-bond donors (Lipinski definition) is 0. The summed E-state index contributed by atoms with van der Waals surface area (Å²) in [6.45, 7) is 0. The van der Waals surface area contributed by atoms with Gasteiger partial charge in [0.25, 0.3) is 0 Å². The van der Waals surface area contributed by atoms with Gasteiger partial charge in [-0.3, -0.25) is 0 Å². The number of furan rings is 3. The Morgan fingerprint density at radius 2 is 1.19 bits per heavy atom. The normalized spacial score (nSPS) is 12.7. The predicted molar refractivity (Wildman–Crippen MR) is 154 cm³/mol. The molecule has 0 fully saturated rings. The summed E-state index contributed by atoms with van der Waals surface area (Å²) in [5.41, 5.74) is 7.07. The zero-order chi connectivity index (χ0) is 24.9. The SMILES string of the molecule is [CH3][Ge]([CH3])([CH3])[c]1cccc2c1oc1cc(-c3cccc4c3oc3cc5c(cc34)oc3ccccc35)ncc12. The molecule has 5 heteroatoms. The van der Waals surface area contributed by atoms with Gasteiger partial charge in [-0.05, 0) is 6.07 Å². The number of benzene rings is 4. The predicted octanol–water partition coefficient (Wildman–Crippen LogP) is 8.99. The van der Waals surface area contributed by atoms with Gasteiger partial charge in [-0.1, -0.05) is 18.2 Å². The minimum atomic E-state index is -2.10. The van der Waals surface area contributed by atoms with E-state index in [0.29, 0.717) is 0 Å². The fourth-order valence-corrected chi connectivity index (χ4v) is 8.72. The zero-order valence-electron chi connectivity index (χ0n) is 20.8. The van der Waals surface area contributed by atoms with Crippen LogP contribution in [0.4, 0.5) is 0 Å². The van der Waals surface area contributed by atoms with Gasteiger partial charge in [-0.2, -0.15) is 0 Å². The standard InChI is InChI=1S/C32H23GeNO3/c1-33(2,3)25-12-7-10-20-24-17-34-26(16-30(24)37-32(20)25)21-11-6-9-19-23-15-28-22(14-29(23)36-31(19)21)18-8-4-5-13-27(18)35-28/h4-17H,1-3H3. The van der Waals surface area contributed by atoms with Crippen molar-refractivity contribution in [3.05, 3.63) is 85.1 Å². The maximum absolute atomic E-state index is 6.49. The summed E-state index contributed by atoms with van der Waals surface area (Å²) in [6.07, 6.45) is 1.94. The van der Waals surface area contributed by atoms with E-state index in [9.17, 15) is 0 Å². The van der Waals surface area contributed by atoms with E-state index in [2.05, 4.69) is 77.9 Å². The number of aromatic nitrogens is 1. The molecule has 4 aromatic carbocycles. The Morgan fingerprint density at radius 1 is 0.541 bits per heavy atom. The number of para-hydroxylation sites is 3. The van der Waals surface area contributed by atoms with Crippen molar-refractivity contribution < 1.29 is 13.3 Å². The molecule has 0 atom stereocenters. The molecule has 0 unspecified atom stereocenters. The zero-order valence-corrected chi connectivity index (χ0v) is 22.9. The molecule has 4 heterocycles. The molecule has 0 radical (unpaired) electrons. The summed E-state index contributed by atoms with van der Waals surface area (Å²) in [5, 5.41) is 6.43. The third-order valence-corrected chi connectivity index (χ3v) is 11.7. The summed E-state index contributed by atoms with van der Waals surface area (Å²) in [4.78, 5) is 4.87. The van der Waals surface area contributed by atoms with Crippen LogP contribution in [0.15, 0.2) is 98.3 Å². The van der Waals surface area contributed by atoms with E-state index in [1.165, 1.54) is 4.40 Å². The van der Waals surface area contributed by atoms with Gasteiger partial charge in [0.05, 0.1) is 0 Å². The molecular formula is C32H23GeNO3. The summed E-state index contributed by atoms with van der Waals surface area (Å²) >= 11 is -2.10. The van der Waals surface area contributed by atoms with E-state index in [-0.39, 0.29) is 0 Å². The Hall–Kier alpha value is -4.03. The van der Waals surface area contributed by atoms with Gasteiger partial charge in [0.1, 0.15) is 5.58 Å². The summed E-state index contributed by atoms with van der Waals surface area (Å²) in [6, 6.07) is 27.1. The van der Waals surface area contributed by atoms with Crippen molar-refractivity contribution in [3.8, 4) is 11.3 Å². The first kappa shape index (κ1) is 21.1. The minimum absolute atomic E-state index is 0.822. The maximum atomic E-state index is 6.49. The molecule has 0 aliphatic carbocycles. The molecule has 0 saturated carbocycles. The average Bonchev–Trinajstić information content (AvgIpc) is 3.56. The molecule has 0 bridgehead atoms. The Morgan fingerprint density at radius 3 is 2.03 bits per heavy atom. The van der Waals surface area contributed by atoms with Crippen molar-refractivity contribution in [1.29, 1.82) is 0 Å². The molecule has 0 N–H and O–H groups in total. The van der Waals surface area contributed by atoms with Crippen LogP contribution in [0.25, 0.3) is 77.1 Å². The monoisotopic (exact) mass is 543 g/mol. The second-order valence-electron chi connectivity index (χ2n) is 10.8. The molecule has 0 aliphatic heterocycles. The fraction of sp³-hybridized carbons (Fsp3) is 0.0938. The molecule has 0 spiro atoms. The second kappa shape index (κ2) is 7.27. The van der Waals surface area contributed by atoms with Gasteiger partial charge in [-0.25, -0.2) is 0 Å². The first-order valence-electron chi connectivity index (χ1n) is 12.5. The number of rotatable bonds is 2. The molecule has 8 rings (SSSR count). The van der Waals surface area contributed by atoms with Gasteiger partial charge in [0, 0.05) is 5.39 Å². The van der Waals surface area contributed by atoms with Crippen molar-refractivity contribution in [3.63, 3.8) is 0 Å². The summed E-state index contributed by atoms with van der Waals surface area (Å²) in [7, 11) is 0. The molecular weight excluding hydrogens is 519 g/mol. The van der Waals surface area contributed by atoms with Crippen molar-refractivity contribution in [1.82, 2.24) is 4.98 Å². The van der Waals surface area contributed by atoms with Gasteiger partial charge >= 0.3 is 176 Å². The molecule has 0 saturated heterocycles. The summed E-state index contributed by atoms with van der Waals surface area (Å²) < 4.78 is 20.5. The van der Waals surface area contributed by atoms with Crippen LogP contribution in [0.1, 0.15) is 0 Å². The van der Waals surface area contributed by atoms with Crippen molar-refractivity contribution in [2.24, 2.45) is 0 Å². The third kappa shape index (κ3) is 2.99. The average molecular weight is 542 g/mol. The van der Waals surface area contributed by atoms with E-state index < -0.39 is 13.3 Å². The van der Waals surface area contributed by atoms with E-state index in [1.54, 1.807) is 0 Å². The first-order valence-corrected chi connectivity index (χ1v) is 19.9. The van der Waals surface area contributed by atoms with Gasteiger partial charge in [0.2, 0.25) is 0 Å². The van der Waals surface area contributed by atoms with E-state index in [1.807, 2.05) is 24.4 Å². The van der Waals surface area contributed by atoms with Gasteiger partial charge in [0.15, 0.2) is 0 Å². The summed E-state index contributed by atoms with van der Waals surface area (Å²) in [5.74, 6) is 7.19. The van der Waals surface area contributed by atoms with Crippen LogP contribution >= 0.6 is 0 Å². The molecule has 8 aromatic rings. The van der Waals surface area contributed by atoms with Crippen LogP contribution in [-0.4, -0.2) is 18.3 Å². The van der Waals surface area contributed by atoms with Gasteiger partial charge < -0.3 is 4.42 Å². The van der Waals surface area contributed by atoms with Crippen molar-refractivity contribution in [2.75, 3.05) is 0 Å². The van der Waals surface area contributed by atoms with Crippen LogP contribution < -0.4 is 4.40 Å². The van der Waals surface area contributed by atoms with Crippen LogP contribution in [0.2, 0.25) is 17.3 Å². The van der Waals surface area contributed by atoms with Crippen LogP contribution in [0.5, 0.6) is 0 Å². The topological polar surface area (TPSA) is 52.3 Å². The fourth-order valence-electron chi connectivity index (χ4n) is 5.65. The number of pyridine rings is 1. The van der Waals surface area contributed by atoms with Crippen molar-refractivity contribution >= 4 is 83.5 Å². The van der Waals surface area contributed by atoms with E-state index in [0.717, 1.165) is 77.1 Å².